The van der Waals surface area contributed by atoms with Gasteiger partial charge < -0.3 is 0 Å². The molecule has 0 aliphatic rings. The summed E-state index contributed by atoms with van der Waals surface area (Å²) in [4.78, 5) is 3.95. The van der Waals surface area contributed by atoms with E-state index in [1.54, 1.807) is 0 Å². The number of pyridine rings is 1. The quantitative estimate of drug-likeness (QED) is 0.644. The van der Waals surface area contributed by atoms with E-state index >= 15 is 0 Å². The lowest BCUT2D eigenvalue weighted by molar-refractivity contribution is -0.137. The maximum Gasteiger partial charge on any atom is 0.416 e. The molecule has 1 nitrogen and oxygen atoms in total. The van der Waals surface area contributed by atoms with Crippen LogP contribution in [0.5, 0.6) is 0 Å². The van der Waals surface area contributed by atoms with Gasteiger partial charge in [-0.15, -0.1) is 0 Å². The van der Waals surface area contributed by atoms with E-state index in [2.05, 4.69) is 20.9 Å². The summed E-state index contributed by atoms with van der Waals surface area (Å²) in [6, 6.07) is 5.00. The van der Waals surface area contributed by atoms with Gasteiger partial charge in [-0.25, -0.2) is 4.98 Å². The van der Waals surface area contributed by atoms with Crippen LogP contribution in [-0.4, -0.2) is 4.98 Å². The molecule has 2 aromatic rings. The van der Waals surface area contributed by atoms with Gasteiger partial charge in [-0.3, -0.25) is 0 Å². The molecule has 1 heterocycles. The van der Waals surface area contributed by atoms with Crippen LogP contribution in [0.3, 0.4) is 0 Å². The van der Waals surface area contributed by atoms with Crippen molar-refractivity contribution in [1.29, 1.82) is 0 Å². The molecule has 0 amide bonds. The van der Waals surface area contributed by atoms with Crippen LogP contribution in [0.2, 0.25) is 5.15 Å². The van der Waals surface area contributed by atoms with Crippen LogP contribution >= 0.6 is 27.5 Å². The Morgan fingerprint density at radius 1 is 1.19 bits per heavy atom. The fourth-order valence-electron chi connectivity index (χ4n) is 1.33. The third-order valence-corrected chi connectivity index (χ3v) is 2.85. The van der Waals surface area contributed by atoms with Crippen molar-refractivity contribution in [2.75, 3.05) is 0 Å². The molecule has 1 aromatic heterocycles. The Labute approximate surface area is 102 Å². The van der Waals surface area contributed by atoms with E-state index in [0.717, 1.165) is 12.1 Å². The molecule has 0 saturated heterocycles. The molecule has 1 aromatic carbocycles. The highest BCUT2D eigenvalue weighted by Crippen LogP contribution is 2.34. The Morgan fingerprint density at radius 2 is 1.88 bits per heavy atom. The summed E-state index contributed by atoms with van der Waals surface area (Å²) in [5.74, 6) is 0. The maximum absolute atomic E-state index is 12.5. The van der Waals surface area contributed by atoms with Gasteiger partial charge in [-0.05, 0) is 40.2 Å². The van der Waals surface area contributed by atoms with Crippen LogP contribution in [0.25, 0.3) is 10.9 Å². The molecule has 0 aliphatic heterocycles. The normalized spacial score (nSPS) is 12.1. The Balaban J connectivity index is 2.74. The predicted molar refractivity (Wildman–Crippen MR) is 59.5 cm³/mol. The number of benzene rings is 1. The molecule has 0 atom stereocenters. The second-order valence-electron chi connectivity index (χ2n) is 3.16. The van der Waals surface area contributed by atoms with E-state index in [9.17, 15) is 13.2 Å². The average molecular weight is 311 g/mol. The number of hydrogen-bond acceptors (Lipinski definition) is 1. The first-order chi connectivity index (χ1) is 7.38. The average Bonchev–Trinajstić information content (AvgIpc) is 2.17. The molecule has 2 rings (SSSR count). The zero-order chi connectivity index (χ0) is 11.9. The highest BCUT2D eigenvalue weighted by atomic mass is 79.9. The molecule has 0 aliphatic carbocycles. The fraction of sp³-hybridized carbons (Fsp3) is 0.100. The van der Waals surface area contributed by atoms with Gasteiger partial charge >= 0.3 is 6.18 Å². The molecule has 0 fully saturated rings. The Morgan fingerprint density at radius 3 is 2.50 bits per heavy atom. The van der Waals surface area contributed by atoms with Crippen molar-refractivity contribution in [1.82, 2.24) is 4.98 Å². The van der Waals surface area contributed by atoms with Crippen LogP contribution in [0.15, 0.2) is 28.7 Å². The van der Waals surface area contributed by atoms with Gasteiger partial charge in [-0.2, -0.15) is 13.2 Å². The number of halogens is 5. The van der Waals surface area contributed by atoms with E-state index in [0.29, 0.717) is 10.9 Å². The molecule has 84 valence electrons. The highest BCUT2D eigenvalue weighted by molar-refractivity contribution is 9.10. The minimum atomic E-state index is -4.36. The SMILES string of the molecule is FC(F)(F)c1cc(Br)c2nc(Cl)ccc2c1. The third kappa shape index (κ3) is 2.15. The van der Waals surface area contributed by atoms with Crippen molar-refractivity contribution < 1.29 is 13.2 Å². The predicted octanol–water partition coefficient (Wildman–Crippen LogP) is 4.67. The summed E-state index contributed by atoms with van der Waals surface area (Å²) < 4.78 is 37.8. The second kappa shape index (κ2) is 3.89. The van der Waals surface area contributed by atoms with E-state index in [1.807, 2.05) is 0 Å². The molecular formula is C10H4BrClF3N. The van der Waals surface area contributed by atoms with Crippen molar-refractivity contribution in [3.05, 3.63) is 39.5 Å². The van der Waals surface area contributed by atoms with Crippen LogP contribution in [0.4, 0.5) is 13.2 Å². The molecule has 0 spiro atoms. The lowest BCUT2D eigenvalue weighted by atomic mass is 10.1. The molecule has 0 saturated carbocycles. The smallest absolute Gasteiger partial charge is 0.235 e. The van der Waals surface area contributed by atoms with Gasteiger partial charge in [0.15, 0.2) is 0 Å². The number of hydrogen-bond donors (Lipinski definition) is 0. The lowest BCUT2D eigenvalue weighted by Crippen LogP contribution is -2.04. The molecule has 6 heteroatoms. The highest BCUT2D eigenvalue weighted by Gasteiger charge is 2.31. The molecule has 0 N–H and O–H groups in total. The largest absolute Gasteiger partial charge is 0.416 e. The van der Waals surface area contributed by atoms with E-state index in [1.165, 1.54) is 12.1 Å². The number of alkyl halides is 3. The number of nitrogens with zero attached hydrogens (tertiary/aromatic N) is 1. The van der Waals surface area contributed by atoms with Gasteiger partial charge in [0.05, 0.1) is 11.1 Å². The van der Waals surface area contributed by atoms with Crippen LogP contribution in [0, 0.1) is 0 Å². The first kappa shape index (κ1) is 11.7. The molecule has 0 radical (unpaired) electrons. The van der Waals surface area contributed by atoms with Crippen molar-refractivity contribution in [2.45, 2.75) is 6.18 Å². The third-order valence-electron chi connectivity index (χ3n) is 2.04. The first-order valence-electron chi connectivity index (χ1n) is 4.21. The zero-order valence-corrected chi connectivity index (χ0v) is 9.99. The van der Waals surface area contributed by atoms with Gasteiger partial charge in [0, 0.05) is 9.86 Å². The van der Waals surface area contributed by atoms with Crippen molar-refractivity contribution in [3.8, 4) is 0 Å². The zero-order valence-electron chi connectivity index (χ0n) is 7.65. The Kier molecular flexibility index (Phi) is 2.84. The van der Waals surface area contributed by atoms with Gasteiger partial charge in [0.25, 0.3) is 0 Å². The number of rotatable bonds is 0. The minimum absolute atomic E-state index is 0.243. The Hall–Kier alpha value is -0.810. The summed E-state index contributed by atoms with van der Waals surface area (Å²) >= 11 is 8.72. The first-order valence-corrected chi connectivity index (χ1v) is 5.38. The van der Waals surface area contributed by atoms with Crippen molar-refractivity contribution in [2.24, 2.45) is 0 Å². The number of aromatic nitrogens is 1. The van der Waals surface area contributed by atoms with E-state index < -0.39 is 11.7 Å². The standard InChI is InChI=1S/C10H4BrClF3N/c11-7-4-6(10(13,14)15)3-5-1-2-8(12)16-9(5)7/h1-4H. The van der Waals surface area contributed by atoms with Gasteiger partial charge in [-0.1, -0.05) is 11.6 Å². The van der Waals surface area contributed by atoms with Crippen LogP contribution in [-0.2, 0) is 6.18 Å². The van der Waals surface area contributed by atoms with E-state index in [4.69, 9.17) is 11.6 Å². The summed E-state index contributed by atoms with van der Waals surface area (Å²) in [5.41, 5.74) is -0.295. The molecule has 0 bridgehead atoms. The Bertz CT molecular complexity index is 553. The monoisotopic (exact) mass is 309 g/mol. The van der Waals surface area contributed by atoms with Crippen molar-refractivity contribution >= 4 is 38.4 Å². The topological polar surface area (TPSA) is 12.9 Å². The fourth-order valence-corrected chi connectivity index (χ4v) is 2.04. The van der Waals surface area contributed by atoms with E-state index in [-0.39, 0.29) is 9.63 Å². The van der Waals surface area contributed by atoms with Gasteiger partial charge in [0.1, 0.15) is 5.15 Å². The summed E-state index contributed by atoms with van der Waals surface area (Å²) in [6.45, 7) is 0. The minimum Gasteiger partial charge on any atom is -0.235 e. The van der Waals surface area contributed by atoms with Crippen LogP contribution < -0.4 is 0 Å². The summed E-state index contributed by atoms with van der Waals surface area (Å²) in [7, 11) is 0. The summed E-state index contributed by atoms with van der Waals surface area (Å²) in [6.07, 6.45) is -4.36. The van der Waals surface area contributed by atoms with Gasteiger partial charge in [0.2, 0.25) is 0 Å². The second-order valence-corrected chi connectivity index (χ2v) is 4.40. The van der Waals surface area contributed by atoms with Crippen LogP contribution in [0.1, 0.15) is 5.56 Å². The summed E-state index contributed by atoms with van der Waals surface area (Å²) in [5, 5.41) is 0.638. The van der Waals surface area contributed by atoms with Crippen molar-refractivity contribution in [3.63, 3.8) is 0 Å². The molecule has 16 heavy (non-hydrogen) atoms. The lowest BCUT2D eigenvalue weighted by Gasteiger charge is -2.09. The molecule has 0 unspecified atom stereocenters. The molecular weight excluding hydrogens is 306 g/mol. The maximum atomic E-state index is 12.5. The number of fused-ring (bicyclic) bond motifs is 1.